The van der Waals surface area contributed by atoms with Crippen molar-refractivity contribution >= 4 is 17.3 Å². The quantitative estimate of drug-likeness (QED) is 0.526. The number of carboxylic acid groups (broad SMARTS) is 1. The summed E-state index contributed by atoms with van der Waals surface area (Å²) in [7, 11) is 0. The van der Waals surface area contributed by atoms with Gasteiger partial charge < -0.3 is 10.4 Å². The molecule has 4 aromatic rings. The number of rotatable bonds is 5. The summed E-state index contributed by atoms with van der Waals surface area (Å²) in [5.74, 6) is -1.79. The lowest BCUT2D eigenvalue weighted by Gasteiger charge is -2.19. The van der Waals surface area contributed by atoms with Gasteiger partial charge in [0, 0.05) is 29.6 Å². The van der Waals surface area contributed by atoms with E-state index in [1.54, 1.807) is 19.1 Å². The Hall–Kier alpha value is -4.07. The number of benzene rings is 1. The summed E-state index contributed by atoms with van der Waals surface area (Å²) in [4.78, 5) is 32.5. The number of carbonyl (C=O) groups is 1. The molecule has 8 heteroatoms. The van der Waals surface area contributed by atoms with E-state index in [0.29, 0.717) is 11.3 Å². The van der Waals surface area contributed by atoms with E-state index in [0.717, 1.165) is 16.2 Å². The van der Waals surface area contributed by atoms with Gasteiger partial charge in [0.05, 0.1) is 17.4 Å². The number of hydrogen-bond acceptors (Lipinski definition) is 5. The molecule has 0 saturated carbocycles. The molecule has 0 radical (unpaired) electrons. The Balaban J connectivity index is 1.85. The number of aromatic carboxylic acids is 1. The zero-order chi connectivity index (χ0) is 21.3. The van der Waals surface area contributed by atoms with Gasteiger partial charge in [-0.15, -0.1) is 0 Å². The van der Waals surface area contributed by atoms with Crippen molar-refractivity contribution in [2.24, 2.45) is 0 Å². The SMILES string of the molecule is C[C@@H](Nc1cccnc1C(=O)O)c1cc(F)cn2c(=O)cc(-c3ccccc3)nc12. The zero-order valence-electron chi connectivity index (χ0n) is 15.9. The molecule has 0 aliphatic rings. The van der Waals surface area contributed by atoms with E-state index in [-0.39, 0.29) is 17.0 Å². The second-order valence-electron chi connectivity index (χ2n) is 6.72. The first-order chi connectivity index (χ1) is 14.4. The Morgan fingerprint density at radius 1 is 1.17 bits per heavy atom. The summed E-state index contributed by atoms with van der Waals surface area (Å²) in [6, 6.07) is 14.4. The molecule has 3 aromatic heterocycles. The smallest absolute Gasteiger partial charge is 0.356 e. The number of anilines is 1. The molecule has 0 aliphatic carbocycles. The molecule has 0 fully saturated rings. The molecule has 0 unspecified atom stereocenters. The molecule has 1 aromatic carbocycles. The van der Waals surface area contributed by atoms with Gasteiger partial charge in [-0.3, -0.25) is 9.20 Å². The normalized spacial score (nSPS) is 11.9. The maximum absolute atomic E-state index is 14.3. The van der Waals surface area contributed by atoms with E-state index >= 15 is 0 Å². The van der Waals surface area contributed by atoms with E-state index in [4.69, 9.17) is 0 Å². The lowest BCUT2D eigenvalue weighted by atomic mass is 10.1. The third kappa shape index (κ3) is 3.62. The summed E-state index contributed by atoms with van der Waals surface area (Å²) < 4.78 is 15.4. The maximum Gasteiger partial charge on any atom is 0.356 e. The number of pyridine rings is 2. The lowest BCUT2D eigenvalue weighted by molar-refractivity contribution is 0.0691. The van der Waals surface area contributed by atoms with Gasteiger partial charge in [-0.05, 0) is 25.1 Å². The van der Waals surface area contributed by atoms with Gasteiger partial charge in [0.1, 0.15) is 11.5 Å². The van der Waals surface area contributed by atoms with Crippen LogP contribution in [0.4, 0.5) is 10.1 Å². The van der Waals surface area contributed by atoms with E-state index in [2.05, 4.69) is 15.3 Å². The number of nitrogens with one attached hydrogen (secondary N) is 1. The van der Waals surface area contributed by atoms with E-state index < -0.39 is 23.4 Å². The highest BCUT2D eigenvalue weighted by Crippen LogP contribution is 2.25. The molecular formula is C22H17FN4O3. The first kappa shape index (κ1) is 19.3. The predicted molar refractivity (Wildman–Crippen MR) is 110 cm³/mol. The van der Waals surface area contributed by atoms with Crippen LogP contribution in [-0.2, 0) is 0 Å². The average Bonchev–Trinajstić information content (AvgIpc) is 2.74. The van der Waals surface area contributed by atoms with Crippen molar-refractivity contribution in [1.29, 1.82) is 0 Å². The topological polar surface area (TPSA) is 96.6 Å². The second kappa shape index (κ2) is 7.75. The Morgan fingerprint density at radius 3 is 2.67 bits per heavy atom. The van der Waals surface area contributed by atoms with Crippen molar-refractivity contribution in [1.82, 2.24) is 14.4 Å². The summed E-state index contributed by atoms with van der Waals surface area (Å²) in [5.41, 5.74) is 1.62. The number of hydrogen-bond donors (Lipinski definition) is 2. The molecule has 0 bridgehead atoms. The van der Waals surface area contributed by atoms with Crippen LogP contribution in [0, 0.1) is 5.82 Å². The summed E-state index contributed by atoms with van der Waals surface area (Å²) in [6.45, 7) is 1.73. The molecule has 0 aliphatic heterocycles. The molecule has 150 valence electrons. The van der Waals surface area contributed by atoms with Crippen molar-refractivity contribution < 1.29 is 14.3 Å². The maximum atomic E-state index is 14.3. The van der Waals surface area contributed by atoms with Crippen LogP contribution in [0.2, 0.25) is 0 Å². The van der Waals surface area contributed by atoms with Crippen molar-refractivity contribution in [2.45, 2.75) is 13.0 Å². The van der Waals surface area contributed by atoms with Crippen LogP contribution in [0.1, 0.15) is 29.0 Å². The molecule has 2 N–H and O–H groups in total. The monoisotopic (exact) mass is 404 g/mol. The van der Waals surface area contributed by atoms with Crippen LogP contribution < -0.4 is 10.9 Å². The molecule has 1 atom stereocenters. The van der Waals surface area contributed by atoms with Gasteiger partial charge in [-0.1, -0.05) is 30.3 Å². The highest BCUT2D eigenvalue weighted by Gasteiger charge is 2.18. The van der Waals surface area contributed by atoms with Crippen molar-refractivity contribution in [3.8, 4) is 11.3 Å². The van der Waals surface area contributed by atoms with Crippen LogP contribution in [0.3, 0.4) is 0 Å². The summed E-state index contributed by atoms with van der Waals surface area (Å²) >= 11 is 0. The Kier molecular flexibility index (Phi) is 4.97. The van der Waals surface area contributed by atoms with Crippen LogP contribution in [0.5, 0.6) is 0 Å². The van der Waals surface area contributed by atoms with Gasteiger partial charge in [0.25, 0.3) is 5.56 Å². The average molecular weight is 404 g/mol. The minimum absolute atomic E-state index is 0.153. The summed E-state index contributed by atoms with van der Waals surface area (Å²) in [5, 5.41) is 12.4. The molecule has 7 nitrogen and oxygen atoms in total. The molecule has 0 amide bonds. The van der Waals surface area contributed by atoms with Crippen molar-refractivity contribution in [2.75, 3.05) is 5.32 Å². The van der Waals surface area contributed by atoms with Gasteiger partial charge in [0.2, 0.25) is 0 Å². The van der Waals surface area contributed by atoms with Crippen molar-refractivity contribution in [3.05, 3.63) is 94.4 Å². The predicted octanol–water partition coefficient (Wildman–Crippen LogP) is 3.77. The minimum Gasteiger partial charge on any atom is -0.476 e. The van der Waals surface area contributed by atoms with Gasteiger partial charge in [0.15, 0.2) is 5.69 Å². The fraction of sp³-hybridized carbons (Fsp3) is 0.0909. The van der Waals surface area contributed by atoms with Gasteiger partial charge in [-0.2, -0.15) is 0 Å². The first-order valence-corrected chi connectivity index (χ1v) is 9.17. The van der Waals surface area contributed by atoms with Crippen LogP contribution >= 0.6 is 0 Å². The van der Waals surface area contributed by atoms with Crippen molar-refractivity contribution in [3.63, 3.8) is 0 Å². The third-order valence-electron chi connectivity index (χ3n) is 4.67. The number of halogens is 1. The standard InChI is InChI=1S/C22H17FN4O3/c1-13(25-17-8-5-9-24-20(17)22(29)30)16-10-15(23)12-27-19(28)11-18(26-21(16)27)14-6-3-2-4-7-14/h2-13,25H,1H3,(H,29,30)/t13-/m1/s1. The van der Waals surface area contributed by atoms with E-state index in [1.807, 2.05) is 30.3 Å². The Labute approximate surface area is 170 Å². The number of fused-ring (bicyclic) bond motifs is 1. The third-order valence-corrected chi connectivity index (χ3v) is 4.67. The van der Waals surface area contributed by atoms with E-state index in [9.17, 15) is 19.1 Å². The lowest BCUT2D eigenvalue weighted by Crippen LogP contribution is -2.19. The number of carboxylic acids is 1. The number of nitrogens with zero attached hydrogens (tertiary/aromatic N) is 3. The zero-order valence-corrected chi connectivity index (χ0v) is 15.9. The Morgan fingerprint density at radius 2 is 1.93 bits per heavy atom. The van der Waals surface area contributed by atoms with E-state index in [1.165, 1.54) is 18.3 Å². The number of aromatic nitrogens is 3. The van der Waals surface area contributed by atoms with Gasteiger partial charge in [-0.25, -0.2) is 19.2 Å². The minimum atomic E-state index is -1.19. The molecule has 30 heavy (non-hydrogen) atoms. The van der Waals surface area contributed by atoms with Crippen LogP contribution in [0.25, 0.3) is 16.9 Å². The molecular weight excluding hydrogens is 387 g/mol. The highest BCUT2D eigenvalue weighted by atomic mass is 19.1. The fourth-order valence-electron chi connectivity index (χ4n) is 3.27. The highest BCUT2D eigenvalue weighted by molar-refractivity contribution is 5.91. The summed E-state index contributed by atoms with van der Waals surface area (Å²) in [6.07, 6.45) is 2.46. The molecule has 3 heterocycles. The Bertz CT molecular complexity index is 1310. The molecule has 4 rings (SSSR count). The largest absolute Gasteiger partial charge is 0.476 e. The van der Waals surface area contributed by atoms with Crippen LogP contribution in [0.15, 0.2) is 71.8 Å². The molecule has 0 spiro atoms. The second-order valence-corrected chi connectivity index (χ2v) is 6.72. The first-order valence-electron chi connectivity index (χ1n) is 9.17. The molecule has 0 saturated heterocycles. The van der Waals surface area contributed by atoms with Crippen LogP contribution in [-0.4, -0.2) is 25.4 Å². The fourth-order valence-corrected chi connectivity index (χ4v) is 3.27. The van der Waals surface area contributed by atoms with Gasteiger partial charge >= 0.3 is 5.97 Å².